The number of carbonyl (C=O) groups excluding carboxylic acids is 2. The Hall–Kier alpha value is -3.99. The highest BCUT2D eigenvalue weighted by Gasteiger charge is 2.50. The Bertz CT molecular complexity index is 1800. The van der Waals surface area contributed by atoms with Gasteiger partial charge in [-0.25, -0.2) is 14.4 Å². The summed E-state index contributed by atoms with van der Waals surface area (Å²) in [6, 6.07) is 12.0. The summed E-state index contributed by atoms with van der Waals surface area (Å²) in [6.07, 6.45) is 1.41. The van der Waals surface area contributed by atoms with Crippen LogP contribution in [0.1, 0.15) is 41.4 Å². The number of primary amides is 1. The van der Waals surface area contributed by atoms with Gasteiger partial charge in [-0.1, -0.05) is 23.2 Å². The number of methoxy groups -OCH3 is 1. The minimum Gasteiger partial charge on any atom is -0.494 e. The fourth-order valence-corrected chi connectivity index (χ4v) is 5.73. The molecule has 0 bridgehead atoms. The molecule has 12 heteroatoms. The Kier molecular flexibility index (Phi) is 7.19. The molecule has 222 valence electrons. The van der Waals surface area contributed by atoms with Gasteiger partial charge in [-0.05, 0) is 74.2 Å². The van der Waals surface area contributed by atoms with E-state index in [1.54, 1.807) is 37.3 Å². The van der Waals surface area contributed by atoms with Crippen LogP contribution in [0.2, 0.25) is 10.2 Å². The van der Waals surface area contributed by atoms with E-state index in [2.05, 4.69) is 10.3 Å². The predicted molar refractivity (Wildman–Crippen MR) is 159 cm³/mol. The van der Waals surface area contributed by atoms with E-state index in [1.165, 1.54) is 25.3 Å². The van der Waals surface area contributed by atoms with Crippen molar-refractivity contribution in [2.45, 2.75) is 30.8 Å². The number of amides is 2. The smallest absolute Gasteiger partial charge is 0.251 e. The molecule has 43 heavy (non-hydrogen) atoms. The molecule has 0 radical (unpaired) electrons. The number of benzene rings is 2. The number of nitrogens with two attached hydrogens (primary N) is 1. The summed E-state index contributed by atoms with van der Waals surface area (Å²) in [5, 5.41) is 15.9. The number of hydrogen-bond acceptors (Lipinski definition) is 7. The van der Waals surface area contributed by atoms with Gasteiger partial charge in [-0.2, -0.15) is 0 Å². The number of halogens is 3. The number of fused-ring (bicyclic) bond motifs is 2. The maximum atomic E-state index is 13.8. The first kappa shape index (κ1) is 29.1. The van der Waals surface area contributed by atoms with Crippen LogP contribution in [0.25, 0.3) is 22.2 Å². The number of rotatable bonds is 8. The summed E-state index contributed by atoms with van der Waals surface area (Å²) in [7, 11) is 1.45. The zero-order valence-electron chi connectivity index (χ0n) is 23.2. The Labute approximate surface area is 256 Å². The summed E-state index contributed by atoms with van der Waals surface area (Å²) < 4.78 is 25.1. The number of nitrogens with one attached hydrogen (secondary N) is 1. The van der Waals surface area contributed by atoms with E-state index < -0.39 is 28.6 Å². The first-order chi connectivity index (χ1) is 20.4. The maximum Gasteiger partial charge on any atom is 0.251 e. The maximum absolute atomic E-state index is 13.8. The van der Waals surface area contributed by atoms with E-state index in [0.29, 0.717) is 52.1 Å². The number of hydrogen-bond donors (Lipinski definition) is 3. The SMILES string of the molecule is COc1cc(C(=O)NCC(O)(c2cc3c(c(-c4ccc(F)cc4)n2)OC[C@]3(C)C(N)=O)C2CC2)cc2cc(Cl)c(Cl)nc12. The van der Waals surface area contributed by atoms with Gasteiger partial charge >= 0.3 is 0 Å². The minimum atomic E-state index is -1.60. The second-order valence-electron chi connectivity index (χ2n) is 11.1. The van der Waals surface area contributed by atoms with Crippen molar-refractivity contribution in [3.63, 3.8) is 0 Å². The van der Waals surface area contributed by atoms with E-state index in [0.717, 1.165) is 0 Å². The van der Waals surface area contributed by atoms with E-state index >= 15 is 0 Å². The highest BCUT2D eigenvalue weighted by Crippen LogP contribution is 2.50. The minimum absolute atomic E-state index is 0.0104. The highest BCUT2D eigenvalue weighted by molar-refractivity contribution is 6.41. The number of aliphatic hydroxyl groups is 1. The van der Waals surface area contributed by atoms with E-state index in [4.69, 9.17) is 43.4 Å². The Morgan fingerprint density at radius 3 is 2.56 bits per heavy atom. The van der Waals surface area contributed by atoms with Gasteiger partial charge in [0.1, 0.15) is 51.3 Å². The molecule has 1 saturated carbocycles. The van der Waals surface area contributed by atoms with Gasteiger partial charge in [-0.15, -0.1) is 0 Å². The first-order valence-electron chi connectivity index (χ1n) is 13.5. The van der Waals surface area contributed by atoms with Crippen LogP contribution in [0.4, 0.5) is 4.39 Å². The Morgan fingerprint density at radius 1 is 1.19 bits per heavy atom. The summed E-state index contributed by atoms with van der Waals surface area (Å²) in [4.78, 5) is 35.0. The largest absolute Gasteiger partial charge is 0.494 e. The molecule has 2 aliphatic rings. The quantitative estimate of drug-likeness (QED) is 0.237. The van der Waals surface area contributed by atoms with Gasteiger partial charge in [0.05, 0.1) is 24.4 Å². The molecule has 2 atom stereocenters. The topological polar surface area (TPSA) is 137 Å². The van der Waals surface area contributed by atoms with Gasteiger partial charge in [-0.3, -0.25) is 9.59 Å². The van der Waals surface area contributed by atoms with Crippen LogP contribution in [-0.2, 0) is 15.8 Å². The van der Waals surface area contributed by atoms with Gasteiger partial charge in [0.15, 0.2) is 0 Å². The molecular weight excluding hydrogens is 598 g/mol. The monoisotopic (exact) mass is 624 g/mol. The molecule has 1 aliphatic heterocycles. The molecule has 1 aliphatic carbocycles. The van der Waals surface area contributed by atoms with Crippen LogP contribution in [0.3, 0.4) is 0 Å². The normalized spacial score (nSPS) is 18.9. The molecule has 1 fully saturated rings. The third kappa shape index (κ3) is 5.03. The van der Waals surface area contributed by atoms with Crippen molar-refractivity contribution in [2.75, 3.05) is 20.3 Å². The lowest BCUT2D eigenvalue weighted by Crippen LogP contribution is -2.44. The predicted octanol–water partition coefficient (Wildman–Crippen LogP) is 4.91. The molecule has 2 amide bonds. The molecule has 9 nitrogen and oxygen atoms in total. The van der Waals surface area contributed by atoms with Gasteiger partial charge in [0.2, 0.25) is 5.91 Å². The number of carbonyl (C=O) groups is 2. The van der Waals surface area contributed by atoms with Crippen LogP contribution >= 0.6 is 23.2 Å². The molecule has 4 N–H and O–H groups in total. The van der Waals surface area contributed by atoms with Gasteiger partial charge in [0, 0.05) is 22.1 Å². The van der Waals surface area contributed by atoms with E-state index in [9.17, 15) is 19.1 Å². The second kappa shape index (κ2) is 10.6. The molecule has 0 spiro atoms. The average Bonchev–Trinajstić information content (AvgIpc) is 3.79. The zero-order valence-corrected chi connectivity index (χ0v) is 24.7. The molecular formula is C31H27Cl2FN4O5. The van der Waals surface area contributed by atoms with Gasteiger partial charge < -0.3 is 25.6 Å². The summed E-state index contributed by atoms with van der Waals surface area (Å²) in [6.45, 7) is 1.47. The lowest BCUT2D eigenvalue weighted by Gasteiger charge is -2.30. The molecule has 2 aromatic carbocycles. The zero-order chi connectivity index (χ0) is 30.7. The number of aromatic nitrogens is 2. The summed E-state index contributed by atoms with van der Waals surface area (Å²) in [5.74, 6) is -1.04. The first-order valence-corrected chi connectivity index (χ1v) is 14.3. The van der Waals surface area contributed by atoms with Crippen molar-refractivity contribution in [1.29, 1.82) is 0 Å². The van der Waals surface area contributed by atoms with Crippen LogP contribution in [-0.4, -0.2) is 47.2 Å². The molecule has 4 aromatic rings. The lowest BCUT2D eigenvalue weighted by atomic mass is 9.81. The average molecular weight is 625 g/mol. The molecule has 6 rings (SSSR count). The Morgan fingerprint density at radius 2 is 1.91 bits per heavy atom. The van der Waals surface area contributed by atoms with E-state index in [1.807, 2.05) is 0 Å². The van der Waals surface area contributed by atoms with Crippen molar-refractivity contribution in [1.82, 2.24) is 15.3 Å². The molecule has 2 aromatic heterocycles. The van der Waals surface area contributed by atoms with Crippen molar-refractivity contribution < 1.29 is 28.6 Å². The third-order valence-corrected chi connectivity index (χ3v) is 8.90. The number of ether oxygens (including phenoxy) is 2. The van der Waals surface area contributed by atoms with Crippen LogP contribution in [0.15, 0.2) is 48.5 Å². The standard InChI is InChI=1S/C31H27Cl2FN4O5/c1-30(29(35)40)14-43-26-20(30)12-23(37-25(26)15-3-7-19(34)8-4-15)31(41,18-5-6-18)13-36-28(39)17-9-16-10-21(32)27(33)38-24(16)22(11-17)42-2/h3-4,7-12,18,41H,5-6,13-14H2,1-2H3,(H2,35,40)(H,36,39)/t30-,31?/m0/s1. The number of pyridine rings is 2. The van der Waals surface area contributed by atoms with Crippen LogP contribution in [0, 0.1) is 11.7 Å². The fraction of sp³-hybridized carbons (Fsp3) is 0.290. The molecule has 1 unspecified atom stereocenters. The highest BCUT2D eigenvalue weighted by atomic mass is 35.5. The van der Waals surface area contributed by atoms with Crippen LogP contribution in [0.5, 0.6) is 11.5 Å². The van der Waals surface area contributed by atoms with Crippen molar-refractivity contribution >= 4 is 45.9 Å². The summed E-state index contributed by atoms with van der Waals surface area (Å²) >= 11 is 12.2. The van der Waals surface area contributed by atoms with Gasteiger partial charge in [0.25, 0.3) is 5.91 Å². The lowest BCUT2D eigenvalue weighted by molar-refractivity contribution is -0.123. The van der Waals surface area contributed by atoms with E-state index in [-0.39, 0.29) is 40.5 Å². The molecule has 0 saturated heterocycles. The van der Waals surface area contributed by atoms with Crippen LogP contribution < -0.4 is 20.5 Å². The van der Waals surface area contributed by atoms with Crippen molar-refractivity contribution in [3.05, 3.63) is 81.3 Å². The Balaban J connectivity index is 1.39. The van der Waals surface area contributed by atoms with Crippen molar-refractivity contribution in [2.24, 2.45) is 11.7 Å². The third-order valence-electron chi connectivity index (χ3n) is 8.22. The number of nitrogens with zero attached hydrogens (tertiary/aromatic N) is 2. The fourth-order valence-electron chi connectivity index (χ4n) is 5.43. The van der Waals surface area contributed by atoms with Crippen molar-refractivity contribution in [3.8, 4) is 22.8 Å². The second-order valence-corrected chi connectivity index (χ2v) is 11.9. The molecule has 3 heterocycles. The summed E-state index contributed by atoms with van der Waals surface area (Å²) in [5.41, 5.74) is 5.29.